The van der Waals surface area contributed by atoms with E-state index >= 15 is 0 Å². The van der Waals surface area contributed by atoms with E-state index in [1.54, 1.807) is 0 Å². The van der Waals surface area contributed by atoms with Gasteiger partial charge in [-0.3, -0.25) is 4.98 Å². The summed E-state index contributed by atoms with van der Waals surface area (Å²) in [7, 11) is 0. The molecule has 1 N–H and O–H groups in total. The first-order valence-electron chi connectivity index (χ1n) is 9.42. The number of halogens is 2. The number of rotatable bonds is 2. The van der Waals surface area contributed by atoms with Crippen molar-refractivity contribution in [1.82, 2.24) is 19.7 Å². The number of nitrogens with zero attached hydrogens (tertiary/aromatic N) is 4. The van der Waals surface area contributed by atoms with E-state index in [0.717, 1.165) is 59.4 Å². The van der Waals surface area contributed by atoms with Gasteiger partial charge in [0.25, 0.3) is 0 Å². The highest BCUT2D eigenvalue weighted by atomic mass is 35.5. The molecule has 1 aromatic carbocycles. The van der Waals surface area contributed by atoms with Crippen LogP contribution in [0.5, 0.6) is 0 Å². The Labute approximate surface area is 167 Å². The van der Waals surface area contributed by atoms with Crippen molar-refractivity contribution in [2.24, 2.45) is 0 Å². The van der Waals surface area contributed by atoms with Gasteiger partial charge in [-0.15, -0.1) is 10.2 Å². The Morgan fingerprint density at radius 1 is 1.18 bits per heavy atom. The fourth-order valence-electron chi connectivity index (χ4n) is 4.03. The zero-order valence-electron chi connectivity index (χ0n) is 15.2. The molecule has 0 amide bonds. The van der Waals surface area contributed by atoms with Crippen LogP contribution in [0.4, 0.5) is 10.1 Å². The summed E-state index contributed by atoms with van der Waals surface area (Å²) < 4.78 is 15.7. The van der Waals surface area contributed by atoms with Crippen molar-refractivity contribution in [3.05, 3.63) is 76.4 Å². The summed E-state index contributed by atoms with van der Waals surface area (Å²) in [4.78, 5) is 4.31. The van der Waals surface area contributed by atoms with Crippen LogP contribution in [0.2, 0.25) is 5.02 Å². The van der Waals surface area contributed by atoms with Crippen molar-refractivity contribution in [2.45, 2.75) is 38.3 Å². The molecule has 0 unspecified atom stereocenters. The zero-order valence-corrected chi connectivity index (χ0v) is 16.0. The number of hydrogen-bond donors (Lipinski definition) is 1. The molecular formula is C21H19ClFN5. The highest BCUT2D eigenvalue weighted by Gasteiger charge is 2.26. The van der Waals surface area contributed by atoms with E-state index in [0.29, 0.717) is 12.5 Å². The van der Waals surface area contributed by atoms with E-state index in [4.69, 9.17) is 11.6 Å². The Hall–Kier alpha value is -2.73. The minimum atomic E-state index is -0.248. The molecule has 0 saturated heterocycles. The maximum absolute atomic E-state index is 13.5. The van der Waals surface area contributed by atoms with Crippen molar-refractivity contribution in [1.29, 1.82) is 0 Å². The lowest BCUT2D eigenvalue weighted by Crippen LogP contribution is -2.14. The molecule has 7 heteroatoms. The molecule has 5 nitrogen and oxygen atoms in total. The van der Waals surface area contributed by atoms with E-state index in [1.807, 2.05) is 12.1 Å². The standard InChI is InChI=1S/C21H19ClFN5/c22-16-6-5-15-12-28-20(11-25-18(15)9-16)26-27-21(28)14-3-1-13(2-4-14)19-10-17(23)7-8-24-19/h1,5-10,14,25H,2-4,11-12H2/t14-/m1/s1. The fraction of sp³-hybridized carbons (Fsp3) is 0.286. The summed E-state index contributed by atoms with van der Waals surface area (Å²) in [6.07, 6.45) is 6.34. The number of allylic oxidation sites excluding steroid dienone is 2. The Balaban J connectivity index is 1.41. The number of benzene rings is 1. The van der Waals surface area contributed by atoms with Crippen LogP contribution in [0.1, 0.15) is 48.1 Å². The van der Waals surface area contributed by atoms with Gasteiger partial charge in [0, 0.05) is 22.8 Å². The molecule has 142 valence electrons. The fourth-order valence-corrected chi connectivity index (χ4v) is 4.20. The Kier molecular flexibility index (Phi) is 4.36. The van der Waals surface area contributed by atoms with Crippen LogP contribution in [0.3, 0.4) is 0 Å². The lowest BCUT2D eigenvalue weighted by molar-refractivity contribution is 0.550. The molecule has 28 heavy (non-hydrogen) atoms. The summed E-state index contributed by atoms with van der Waals surface area (Å²) in [6, 6.07) is 8.80. The summed E-state index contributed by atoms with van der Waals surface area (Å²) in [5.74, 6) is 2.00. The molecule has 0 radical (unpaired) electrons. The van der Waals surface area contributed by atoms with Gasteiger partial charge in [-0.05, 0) is 54.7 Å². The van der Waals surface area contributed by atoms with Gasteiger partial charge in [0.05, 0.1) is 18.8 Å². The summed E-state index contributed by atoms with van der Waals surface area (Å²) in [5, 5.41) is 13.1. The van der Waals surface area contributed by atoms with Crippen molar-refractivity contribution < 1.29 is 4.39 Å². The smallest absolute Gasteiger partial charge is 0.152 e. The zero-order chi connectivity index (χ0) is 19.1. The third-order valence-electron chi connectivity index (χ3n) is 5.52. The van der Waals surface area contributed by atoms with Crippen LogP contribution in [-0.2, 0) is 13.1 Å². The molecule has 0 saturated carbocycles. The summed E-state index contributed by atoms with van der Waals surface area (Å²) >= 11 is 6.13. The Morgan fingerprint density at radius 2 is 2.11 bits per heavy atom. The number of fused-ring (bicyclic) bond motifs is 2. The van der Waals surface area contributed by atoms with E-state index in [2.05, 4.69) is 37.2 Å². The molecule has 3 heterocycles. The van der Waals surface area contributed by atoms with E-state index in [9.17, 15) is 4.39 Å². The van der Waals surface area contributed by atoms with Gasteiger partial charge in [-0.2, -0.15) is 0 Å². The largest absolute Gasteiger partial charge is 0.377 e. The lowest BCUT2D eigenvalue weighted by Gasteiger charge is -2.22. The van der Waals surface area contributed by atoms with E-state index < -0.39 is 0 Å². The van der Waals surface area contributed by atoms with Gasteiger partial charge in [-0.25, -0.2) is 4.39 Å². The minimum Gasteiger partial charge on any atom is -0.377 e. The van der Waals surface area contributed by atoms with Crippen LogP contribution in [0, 0.1) is 5.82 Å². The number of hydrogen-bond acceptors (Lipinski definition) is 4. The predicted octanol–water partition coefficient (Wildman–Crippen LogP) is 4.79. The SMILES string of the molecule is Fc1ccnc(C2=CC[C@@H](c3nnc4n3Cc3ccc(Cl)cc3NC4)CC2)c1. The van der Waals surface area contributed by atoms with Crippen molar-refractivity contribution in [3.8, 4) is 0 Å². The van der Waals surface area contributed by atoms with Crippen LogP contribution in [0.25, 0.3) is 5.57 Å². The average Bonchev–Trinajstić information content (AvgIpc) is 3.02. The maximum Gasteiger partial charge on any atom is 0.152 e. The molecule has 5 rings (SSSR count). The summed E-state index contributed by atoms with van der Waals surface area (Å²) in [5.41, 5.74) is 4.06. The number of anilines is 1. The second-order valence-corrected chi connectivity index (χ2v) is 7.71. The first kappa shape index (κ1) is 17.4. The highest BCUT2D eigenvalue weighted by molar-refractivity contribution is 6.30. The molecule has 3 aromatic rings. The summed E-state index contributed by atoms with van der Waals surface area (Å²) in [6.45, 7) is 1.36. The first-order valence-corrected chi connectivity index (χ1v) is 9.80. The van der Waals surface area contributed by atoms with Gasteiger partial charge in [-0.1, -0.05) is 23.7 Å². The third-order valence-corrected chi connectivity index (χ3v) is 5.76. The van der Waals surface area contributed by atoms with Crippen molar-refractivity contribution in [2.75, 3.05) is 5.32 Å². The van der Waals surface area contributed by atoms with Crippen LogP contribution >= 0.6 is 11.6 Å². The minimum absolute atomic E-state index is 0.248. The lowest BCUT2D eigenvalue weighted by atomic mass is 9.87. The van der Waals surface area contributed by atoms with Crippen LogP contribution < -0.4 is 5.32 Å². The number of nitrogens with one attached hydrogen (secondary N) is 1. The number of pyridine rings is 1. The van der Waals surface area contributed by atoms with Crippen molar-refractivity contribution >= 4 is 22.9 Å². The van der Waals surface area contributed by atoms with Crippen molar-refractivity contribution in [3.63, 3.8) is 0 Å². The van der Waals surface area contributed by atoms with Gasteiger partial charge >= 0.3 is 0 Å². The quantitative estimate of drug-likeness (QED) is 0.677. The predicted molar refractivity (Wildman–Crippen MR) is 107 cm³/mol. The first-order chi connectivity index (χ1) is 13.7. The van der Waals surface area contributed by atoms with Crippen LogP contribution in [-0.4, -0.2) is 19.7 Å². The molecular weight excluding hydrogens is 377 g/mol. The highest BCUT2D eigenvalue weighted by Crippen LogP contribution is 2.36. The topological polar surface area (TPSA) is 55.6 Å². The van der Waals surface area contributed by atoms with E-state index in [1.165, 1.54) is 23.9 Å². The molecule has 2 aliphatic rings. The average molecular weight is 396 g/mol. The maximum atomic E-state index is 13.5. The van der Waals surface area contributed by atoms with Gasteiger partial charge < -0.3 is 9.88 Å². The second kappa shape index (κ2) is 7.02. The van der Waals surface area contributed by atoms with Gasteiger partial charge in [0.15, 0.2) is 5.82 Å². The molecule has 0 bridgehead atoms. The normalized spacial score (nSPS) is 18.5. The van der Waals surface area contributed by atoms with Gasteiger partial charge in [0.2, 0.25) is 0 Å². The molecule has 1 aliphatic carbocycles. The van der Waals surface area contributed by atoms with Crippen LogP contribution in [0.15, 0.2) is 42.6 Å². The van der Waals surface area contributed by atoms with E-state index in [-0.39, 0.29) is 5.82 Å². The molecule has 1 aliphatic heterocycles. The number of aromatic nitrogens is 4. The Bertz CT molecular complexity index is 1070. The second-order valence-electron chi connectivity index (χ2n) is 7.28. The molecule has 0 fully saturated rings. The Morgan fingerprint density at radius 3 is 2.93 bits per heavy atom. The third kappa shape index (κ3) is 3.18. The monoisotopic (exact) mass is 395 g/mol. The molecule has 2 aromatic heterocycles. The molecule has 0 spiro atoms. The molecule has 1 atom stereocenters. The van der Waals surface area contributed by atoms with Gasteiger partial charge in [0.1, 0.15) is 11.6 Å².